The number of rotatable bonds is 7. The first-order valence-electron chi connectivity index (χ1n) is 8.70. The van der Waals surface area contributed by atoms with E-state index in [1.807, 2.05) is 66.7 Å². The Labute approximate surface area is 157 Å². The number of hydrogen-bond acceptors (Lipinski definition) is 4. The third-order valence-corrected chi connectivity index (χ3v) is 4.62. The molecule has 0 fully saturated rings. The maximum Gasteiger partial charge on any atom is 0.245 e. The van der Waals surface area contributed by atoms with Crippen molar-refractivity contribution in [1.82, 2.24) is 0 Å². The Morgan fingerprint density at radius 1 is 0.852 bits per heavy atom. The van der Waals surface area contributed by atoms with Crippen molar-refractivity contribution in [2.75, 3.05) is 0 Å². The number of benzene rings is 3. The molecule has 0 bridgehead atoms. The van der Waals surface area contributed by atoms with E-state index in [4.69, 9.17) is 0 Å². The molecule has 5 heteroatoms. The fraction of sp³-hybridized carbons (Fsp3) is 0.136. The van der Waals surface area contributed by atoms with Gasteiger partial charge in [-0.05, 0) is 11.1 Å². The molecule has 0 spiro atoms. The number of hydrogen-bond donors (Lipinski definition) is 1. The van der Waals surface area contributed by atoms with Crippen molar-refractivity contribution in [1.29, 1.82) is 0 Å². The van der Waals surface area contributed by atoms with Crippen LogP contribution in [0.5, 0.6) is 0 Å². The molecule has 1 N–H and O–H groups in total. The second kappa shape index (κ2) is 8.76. The van der Waals surface area contributed by atoms with E-state index >= 15 is 0 Å². The van der Waals surface area contributed by atoms with E-state index in [2.05, 4.69) is 5.16 Å². The molecule has 0 amide bonds. The second-order valence-electron chi connectivity index (χ2n) is 6.27. The van der Waals surface area contributed by atoms with E-state index in [1.54, 1.807) is 24.3 Å². The van der Waals surface area contributed by atoms with E-state index in [0.717, 1.165) is 11.1 Å². The summed E-state index contributed by atoms with van der Waals surface area (Å²) < 4.78 is 0. The minimum atomic E-state index is -0.950. The Morgan fingerprint density at radius 2 is 1.33 bits per heavy atom. The van der Waals surface area contributed by atoms with E-state index < -0.39 is 12.0 Å². The summed E-state index contributed by atoms with van der Waals surface area (Å²) in [6.07, 6.45) is 0.241. The molecule has 0 radical (unpaired) electrons. The lowest BCUT2D eigenvalue weighted by atomic mass is 9.82. The second-order valence-corrected chi connectivity index (χ2v) is 6.27. The molecule has 5 nitrogen and oxygen atoms in total. The van der Waals surface area contributed by atoms with Crippen molar-refractivity contribution in [2.24, 2.45) is 5.16 Å². The van der Waals surface area contributed by atoms with Crippen LogP contribution in [0.1, 0.15) is 35.1 Å². The fourth-order valence-corrected chi connectivity index (χ4v) is 3.32. The van der Waals surface area contributed by atoms with Crippen molar-refractivity contribution in [3.63, 3.8) is 0 Å². The van der Waals surface area contributed by atoms with Gasteiger partial charge < -0.3 is 5.21 Å². The van der Waals surface area contributed by atoms with Gasteiger partial charge in [-0.15, -0.1) is 0 Å². The molecular formula is C22H20N2O3. The van der Waals surface area contributed by atoms with Crippen LogP contribution in [0.25, 0.3) is 0 Å². The van der Waals surface area contributed by atoms with Gasteiger partial charge in [-0.2, -0.15) is 0 Å². The van der Waals surface area contributed by atoms with Crippen molar-refractivity contribution in [3.8, 4) is 0 Å². The van der Waals surface area contributed by atoms with Crippen molar-refractivity contribution >= 4 is 5.71 Å². The maximum absolute atomic E-state index is 12.0. The summed E-state index contributed by atoms with van der Waals surface area (Å²) in [7, 11) is 0. The fourth-order valence-electron chi connectivity index (χ4n) is 3.32. The highest BCUT2D eigenvalue weighted by Crippen LogP contribution is 2.37. The molecule has 0 aliphatic carbocycles. The molecule has 0 saturated carbocycles. The molecule has 0 unspecified atom stereocenters. The molecule has 2 atom stereocenters. The summed E-state index contributed by atoms with van der Waals surface area (Å²) in [5.74, 6) is -0.477. The first-order chi connectivity index (χ1) is 13.2. The predicted octanol–water partition coefficient (Wildman–Crippen LogP) is 5.06. The lowest BCUT2D eigenvalue weighted by Crippen LogP contribution is -2.22. The Bertz CT molecular complexity index is 897. The predicted molar refractivity (Wildman–Crippen MR) is 105 cm³/mol. The van der Waals surface area contributed by atoms with Gasteiger partial charge in [0.15, 0.2) is 0 Å². The summed E-state index contributed by atoms with van der Waals surface area (Å²) in [5, 5.41) is 25.1. The van der Waals surface area contributed by atoms with Gasteiger partial charge in [0.25, 0.3) is 0 Å². The van der Waals surface area contributed by atoms with Crippen molar-refractivity contribution in [3.05, 3.63) is 118 Å². The van der Waals surface area contributed by atoms with Gasteiger partial charge in [-0.1, -0.05) is 96.2 Å². The molecular weight excluding hydrogens is 340 g/mol. The highest BCUT2D eigenvalue weighted by atomic mass is 16.6. The van der Waals surface area contributed by atoms with E-state index in [1.165, 1.54) is 0 Å². The van der Waals surface area contributed by atoms with Crippen molar-refractivity contribution < 1.29 is 10.1 Å². The van der Waals surface area contributed by atoms with Gasteiger partial charge in [0.1, 0.15) is 0 Å². The van der Waals surface area contributed by atoms with Crippen LogP contribution in [0.3, 0.4) is 0 Å². The number of nitro groups is 1. The zero-order valence-electron chi connectivity index (χ0n) is 14.7. The SMILES string of the molecule is O=[N+]([O-])[C@H](c1ccccc1)[C@H](C/C(=N/O)c1ccccc1)c1ccccc1. The molecule has 0 aliphatic rings. The van der Waals surface area contributed by atoms with E-state index in [-0.39, 0.29) is 11.3 Å². The van der Waals surface area contributed by atoms with Crippen LogP contribution in [0, 0.1) is 10.1 Å². The topological polar surface area (TPSA) is 75.7 Å². The maximum atomic E-state index is 12.0. The Kier molecular flexibility index (Phi) is 5.94. The molecule has 3 aromatic carbocycles. The van der Waals surface area contributed by atoms with E-state index in [9.17, 15) is 15.3 Å². The van der Waals surface area contributed by atoms with Gasteiger partial charge >= 0.3 is 0 Å². The summed E-state index contributed by atoms with van der Waals surface area (Å²) >= 11 is 0. The number of oxime groups is 1. The Morgan fingerprint density at radius 3 is 1.81 bits per heavy atom. The summed E-state index contributed by atoms with van der Waals surface area (Å²) in [6.45, 7) is 0. The molecule has 0 saturated heterocycles. The molecule has 0 aromatic heterocycles. The molecule has 3 aromatic rings. The van der Waals surface area contributed by atoms with Crippen LogP contribution >= 0.6 is 0 Å². The third-order valence-electron chi connectivity index (χ3n) is 4.62. The molecule has 27 heavy (non-hydrogen) atoms. The minimum absolute atomic E-state index is 0.241. The Balaban J connectivity index is 2.04. The lowest BCUT2D eigenvalue weighted by Gasteiger charge is -2.22. The lowest BCUT2D eigenvalue weighted by molar-refractivity contribution is -0.533. The molecule has 136 valence electrons. The Hall–Kier alpha value is -3.47. The largest absolute Gasteiger partial charge is 0.411 e. The summed E-state index contributed by atoms with van der Waals surface area (Å²) in [5.41, 5.74) is 2.63. The average Bonchev–Trinajstić information content (AvgIpc) is 2.72. The molecule has 0 aliphatic heterocycles. The quantitative estimate of drug-likeness (QED) is 0.277. The van der Waals surface area contributed by atoms with Gasteiger partial charge in [0.05, 0.1) is 11.6 Å². The van der Waals surface area contributed by atoms with Gasteiger partial charge in [-0.25, -0.2) is 0 Å². The monoisotopic (exact) mass is 360 g/mol. The summed E-state index contributed by atoms with van der Waals surface area (Å²) in [4.78, 5) is 11.8. The highest BCUT2D eigenvalue weighted by molar-refractivity contribution is 6.00. The smallest absolute Gasteiger partial charge is 0.245 e. The third kappa shape index (κ3) is 4.39. The van der Waals surface area contributed by atoms with Gasteiger partial charge in [0, 0.05) is 16.9 Å². The van der Waals surface area contributed by atoms with Crippen LogP contribution in [0.15, 0.2) is 96.2 Å². The zero-order valence-corrected chi connectivity index (χ0v) is 14.7. The van der Waals surface area contributed by atoms with Crippen LogP contribution in [0.4, 0.5) is 0 Å². The molecule has 3 rings (SSSR count). The van der Waals surface area contributed by atoms with Crippen LogP contribution in [0.2, 0.25) is 0 Å². The first kappa shape index (κ1) is 18.3. The standard InChI is InChI=1S/C22H20N2O3/c25-23-21(18-12-6-2-7-13-18)16-20(17-10-4-1-5-11-17)22(24(26)27)19-14-8-3-9-15-19/h1-15,20,22,25H,16H2/b23-21-/t20-,22-/m1/s1. The van der Waals surface area contributed by atoms with Crippen LogP contribution < -0.4 is 0 Å². The van der Waals surface area contributed by atoms with Gasteiger partial charge in [-0.3, -0.25) is 10.1 Å². The normalized spacial score (nSPS) is 13.7. The molecule has 0 heterocycles. The van der Waals surface area contributed by atoms with E-state index in [0.29, 0.717) is 11.3 Å². The first-order valence-corrected chi connectivity index (χ1v) is 8.70. The minimum Gasteiger partial charge on any atom is -0.411 e. The van der Waals surface area contributed by atoms with Crippen LogP contribution in [-0.2, 0) is 0 Å². The van der Waals surface area contributed by atoms with Gasteiger partial charge in [0.2, 0.25) is 6.04 Å². The zero-order chi connectivity index (χ0) is 19.1. The van der Waals surface area contributed by atoms with Crippen molar-refractivity contribution in [2.45, 2.75) is 18.4 Å². The highest BCUT2D eigenvalue weighted by Gasteiger charge is 2.35. The number of nitrogens with zero attached hydrogens (tertiary/aromatic N) is 2. The van der Waals surface area contributed by atoms with Crippen LogP contribution in [-0.4, -0.2) is 15.8 Å². The average molecular weight is 360 g/mol. The summed E-state index contributed by atoms with van der Waals surface area (Å²) in [6, 6.07) is 26.6.